The van der Waals surface area contributed by atoms with Gasteiger partial charge in [0, 0.05) is 37.4 Å². The van der Waals surface area contributed by atoms with Gasteiger partial charge in [-0.3, -0.25) is 4.99 Å². The molecule has 0 saturated carbocycles. The summed E-state index contributed by atoms with van der Waals surface area (Å²) in [4.78, 5) is 8.91. The molecule has 118 valence electrons. The van der Waals surface area contributed by atoms with Gasteiger partial charge in [-0.05, 0) is 12.8 Å². The second kappa shape index (κ2) is 9.40. The Morgan fingerprint density at radius 3 is 2.71 bits per heavy atom. The van der Waals surface area contributed by atoms with Crippen molar-refractivity contribution in [1.82, 2.24) is 15.6 Å². The van der Waals surface area contributed by atoms with E-state index in [1.54, 1.807) is 11.3 Å². The van der Waals surface area contributed by atoms with E-state index in [1.165, 1.54) is 10.7 Å². The molecule has 1 aliphatic rings. The van der Waals surface area contributed by atoms with Gasteiger partial charge in [-0.15, -0.1) is 35.3 Å². The maximum absolute atomic E-state index is 4.64. The Balaban J connectivity index is 0.00000220. The third-order valence-electron chi connectivity index (χ3n) is 3.31. The molecule has 21 heavy (non-hydrogen) atoms. The molecule has 0 spiro atoms. The van der Waals surface area contributed by atoms with Gasteiger partial charge in [0.2, 0.25) is 0 Å². The Morgan fingerprint density at radius 2 is 2.14 bits per heavy atom. The summed E-state index contributed by atoms with van der Waals surface area (Å²) < 4.78 is 0. The number of hydrogen-bond donors (Lipinski definition) is 2. The lowest BCUT2D eigenvalue weighted by molar-refractivity contribution is 0.632. The Morgan fingerprint density at radius 1 is 1.43 bits per heavy atom. The van der Waals surface area contributed by atoms with E-state index in [2.05, 4.69) is 52.0 Å². The molecule has 1 aromatic heterocycles. The summed E-state index contributed by atoms with van der Waals surface area (Å²) in [6.45, 7) is 5.23. The van der Waals surface area contributed by atoms with E-state index >= 15 is 0 Å². The van der Waals surface area contributed by atoms with E-state index in [4.69, 9.17) is 0 Å². The summed E-state index contributed by atoms with van der Waals surface area (Å²) in [6, 6.07) is 0.494. The highest BCUT2D eigenvalue weighted by Gasteiger charge is 2.11. The molecule has 6 heteroatoms. The van der Waals surface area contributed by atoms with Gasteiger partial charge < -0.3 is 10.6 Å². The lowest BCUT2D eigenvalue weighted by atomic mass is 10.2. The molecule has 0 bridgehead atoms. The van der Waals surface area contributed by atoms with Gasteiger partial charge in [-0.2, -0.15) is 0 Å². The molecule has 4 nitrogen and oxygen atoms in total. The van der Waals surface area contributed by atoms with E-state index in [0.29, 0.717) is 12.0 Å². The van der Waals surface area contributed by atoms with Crippen molar-refractivity contribution < 1.29 is 0 Å². The van der Waals surface area contributed by atoms with Crippen LogP contribution in [0.4, 0.5) is 0 Å². The van der Waals surface area contributed by atoms with Crippen LogP contribution in [0.1, 0.15) is 43.3 Å². The number of aliphatic imine (C=N–C) groups is 1. The van der Waals surface area contributed by atoms with Crippen LogP contribution in [0, 0.1) is 0 Å². The molecule has 1 heterocycles. The molecular weight excluding hydrogens is 395 g/mol. The number of aromatic nitrogens is 1. The highest BCUT2D eigenvalue weighted by Crippen LogP contribution is 2.19. The van der Waals surface area contributed by atoms with E-state index in [1.807, 2.05) is 7.05 Å². The third kappa shape index (κ3) is 5.94. The zero-order valence-corrected chi connectivity index (χ0v) is 16.1. The molecule has 0 unspecified atom stereocenters. The Hall–Kier alpha value is -0.630. The maximum atomic E-state index is 4.64. The number of thiazole rings is 1. The predicted molar refractivity (Wildman–Crippen MR) is 102 cm³/mol. The molecule has 2 N–H and O–H groups in total. The van der Waals surface area contributed by atoms with Crippen LogP contribution in [0.3, 0.4) is 0 Å². The Kier molecular flexibility index (Phi) is 8.24. The first kappa shape index (κ1) is 18.4. The van der Waals surface area contributed by atoms with Crippen molar-refractivity contribution in [3.8, 4) is 0 Å². The number of nitrogens with one attached hydrogen (secondary N) is 2. The van der Waals surface area contributed by atoms with Crippen LogP contribution >= 0.6 is 35.3 Å². The maximum Gasteiger partial charge on any atom is 0.191 e. The molecule has 0 atom stereocenters. The van der Waals surface area contributed by atoms with Crippen LogP contribution in [0.2, 0.25) is 0 Å². The van der Waals surface area contributed by atoms with Crippen molar-refractivity contribution in [3.05, 3.63) is 28.2 Å². The molecule has 2 rings (SSSR count). The third-order valence-corrected chi connectivity index (χ3v) is 4.50. The van der Waals surface area contributed by atoms with Gasteiger partial charge >= 0.3 is 0 Å². The molecule has 1 aromatic rings. The van der Waals surface area contributed by atoms with Crippen molar-refractivity contribution in [3.63, 3.8) is 0 Å². The number of halogens is 1. The molecule has 0 radical (unpaired) electrons. The van der Waals surface area contributed by atoms with Crippen molar-refractivity contribution >= 4 is 41.3 Å². The second-order valence-electron chi connectivity index (χ2n) is 5.36. The normalized spacial score (nSPS) is 15.3. The Bertz CT molecular complexity index is 474. The van der Waals surface area contributed by atoms with Gasteiger partial charge in [0.25, 0.3) is 0 Å². The van der Waals surface area contributed by atoms with E-state index in [-0.39, 0.29) is 24.0 Å². The summed E-state index contributed by atoms with van der Waals surface area (Å²) in [6.07, 6.45) is 7.54. The summed E-state index contributed by atoms with van der Waals surface area (Å²) in [5, 5.41) is 10.2. The highest BCUT2D eigenvalue weighted by atomic mass is 127. The summed E-state index contributed by atoms with van der Waals surface area (Å²) in [7, 11) is 1.82. The van der Waals surface area contributed by atoms with Crippen LogP contribution in [-0.2, 0) is 6.42 Å². The minimum atomic E-state index is 0. The molecule has 0 saturated heterocycles. The topological polar surface area (TPSA) is 49.3 Å². The fourth-order valence-electron chi connectivity index (χ4n) is 2.13. The number of guanidine groups is 1. The number of hydrogen-bond acceptors (Lipinski definition) is 3. The van der Waals surface area contributed by atoms with E-state index < -0.39 is 0 Å². The van der Waals surface area contributed by atoms with Crippen LogP contribution < -0.4 is 10.6 Å². The quantitative estimate of drug-likeness (QED) is 0.333. The largest absolute Gasteiger partial charge is 0.356 e. The van der Waals surface area contributed by atoms with Gasteiger partial charge in [0.05, 0.1) is 10.7 Å². The molecule has 0 fully saturated rings. The predicted octanol–water partition coefficient (Wildman–Crippen LogP) is 3.31. The zero-order chi connectivity index (χ0) is 14.4. The minimum absolute atomic E-state index is 0. The lowest BCUT2D eigenvalue weighted by Crippen LogP contribution is -2.43. The fourth-order valence-corrected chi connectivity index (χ4v) is 3.00. The smallest absolute Gasteiger partial charge is 0.191 e. The van der Waals surface area contributed by atoms with Gasteiger partial charge in [-0.1, -0.05) is 26.0 Å². The van der Waals surface area contributed by atoms with Crippen LogP contribution in [0.15, 0.2) is 22.5 Å². The number of rotatable bonds is 5. The van der Waals surface area contributed by atoms with Crippen LogP contribution in [0.25, 0.3) is 0 Å². The average molecular weight is 420 g/mol. The SMILES string of the molecule is CN=C(NCCc1csc(C(C)C)n1)NC1CC=CC1.I. The van der Waals surface area contributed by atoms with Crippen molar-refractivity contribution in [1.29, 1.82) is 0 Å². The average Bonchev–Trinajstić information content (AvgIpc) is 3.08. The van der Waals surface area contributed by atoms with Gasteiger partial charge in [-0.25, -0.2) is 4.98 Å². The Labute approximate surface area is 148 Å². The summed E-state index contributed by atoms with van der Waals surface area (Å²) in [5.74, 6) is 1.41. The first-order chi connectivity index (χ1) is 9.69. The summed E-state index contributed by atoms with van der Waals surface area (Å²) >= 11 is 1.76. The van der Waals surface area contributed by atoms with Crippen molar-refractivity contribution in [2.24, 2.45) is 4.99 Å². The van der Waals surface area contributed by atoms with Crippen LogP contribution in [0.5, 0.6) is 0 Å². The molecular formula is C15H25IN4S. The summed E-state index contributed by atoms with van der Waals surface area (Å²) in [5.41, 5.74) is 1.17. The van der Waals surface area contributed by atoms with E-state index in [0.717, 1.165) is 31.8 Å². The minimum Gasteiger partial charge on any atom is -0.356 e. The van der Waals surface area contributed by atoms with Crippen molar-refractivity contribution in [2.75, 3.05) is 13.6 Å². The molecule has 0 aliphatic heterocycles. The zero-order valence-electron chi connectivity index (χ0n) is 12.9. The standard InChI is InChI=1S/C15H24N4S.HI/c1-11(2)14-18-13(10-20-14)8-9-17-15(16-3)19-12-6-4-5-7-12;/h4-5,10-12H,6-9H2,1-3H3,(H2,16,17,19);1H. The van der Waals surface area contributed by atoms with Gasteiger partial charge in [0.15, 0.2) is 5.96 Å². The first-order valence-electron chi connectivity index (χ1n) is 7.25. The van der Waals surface area contributed by atoms with Crippen LogP contribution in [-0.4, -0.2) is 30.6 Å². The molecule has 0 aromatic carbocycles. The lowest BCUT2D eigenvalue weighted by Gasteiger charge is -2.16. The molecule has 1 aliphatic carbocycles. The highest BCUT2D eigenvalue weighted by molar-refractivity contribution is 14.0. The first-order valence-corrected chi connectivity index (χ1v) is 8.13. The van der Waals surface area contributed by atoms with Crippen molar-refractivity contribution in [2.45, 2.75) is 45.1 Å². The fraction of sp³-hybridized carbons (Fsp3) is 0.600. The monoisotopic (exact) mass is 420 g/mol. The van der Waals surface area contributed by atoms with E-state index in [9.17, 15) is 0 Å². The van der Waals surface area contributed by atoms with Gasteiger partial charge in [0.1, 0.15) is 0 Å². The number of nitrogens with zero attached hydrogens (tertiary/aromatic N) is 2. The molecule has 0 amide bonds. The second-order valence-corrected chi connectivity index (χ2v) is 6.25.